The number of hydrogen-bond donors (Lipinski definition) is 1. The smallest absolute Gasteiger partial charge is 0.337 e. The van der Waals surface area contributed by atoms with E-state index in [0.717, 1.165) is 49.1 Å². The molecule has 0 bridgehead atoms. The van der Waals surface area contributed by atoms with Crippen LogP contribution in [-0.4, -0.2) is 32.1 Å². The normalized spacial score (nSPS) is 23.1. The molecule has 4 rings (SSSR count). The zero-order valence-corrected chi connectivity index (χ0v) is 20.4. The number of esters is 1. The molecule has 1 heterocycles. The Balaban J connectivity index is 1.84. The van der Waals surface area contributed by atoms with Crippen molar-refractivity contribution in [2.75, 3.05) is 14.2 Å². The largest absolute Gasteiger partial charge is 0.493 e. The number of benzene rings is 1. The van der Waals surface area contributed by atoms with E-state index < -0.39 is 5.92 Å². The van der Waals surface area contributed by atoms with E-state index >= 15 is 0 Å². The van der Waals surface area contributed by atoms with E-state index in [-0.39, 0.29) is 23.3 Å². The SMILES string of the molecule is COc1cccc([C@@H]2C(C(=O)OC3CCCCC3)=C(C)NC3=C2C(=O)CC(C)(C)C3)c1OC. The standard InChI is InChI=1S/C27H35NO5/c1-16-22(26(30)33-17-10-7-6-8-11-17)23(18-12-9-13-21(31-4)25(18)32-5)24-19(28-16)14-27(2,3)15-20(24)29/h9,12-13,17,23,28H,6-8,10-11,14-15H2,1-5H3/t23-/m1/s1. The average Bonchev–Trinajstić information content (AvgIpc) is 2.77. The summed E-state index contributed by atoms with van der Waals surface area (Å²) in [6, 6.07) is 5.60. The summed E-state index contributed by atoms with van der Waals surface area (Å²) in [4.78, 5) is 27.1. The van der Waals surface area contributed by atoms with Gasteiger partial charge in [-0.05, 0) is 50.5 Å². The third-order valence-electron chi connectivity index (χ3n) is 7.03. The van der Waals surface area contributed by atoms with Crippen LogP contribution in [0.25, 0.3) is 0 Å². The van der Waals surface area contributed by atoms with E-state index in [1.807, 2.05) is 25.1 Å². The van der Waals surface area contributed by atoms with Crippen LogP contribution in [0, 0.1) is 5.41 Å². The third-order valence-corrected chi connectivity index (χ3v) is 7.03. The van der Waals surface area contributed by atoms with Gasteiger partial charge in [-0.25, -0.2) is 4.79 Å². The van der Waals surface area contributed by atoms with E-state index in [1.165, 1.54) is 6.42 Å². The van der Waals surface area contributed by atoms with Gasteiger partial charge in [-0.2, -0.15) is 0 Å². The molecule has 1 atom stereocenters. The number of ether oxygens (including phenoxy) is 3. The number of methoxy groups -OCH3 is 2. The van der Waals surface area contributed by atoms with Gasteiger partial charge in [-0.3, -0.25) is 4.79 Å². The fraction of sp³-hybridized carbons (Fsp3) is 0.556. The van der Waals surface area contributed by atoms with Gasteiger partial charge in [-0.1, -0.05) is 32.4 Å². The molecular weight excluding hydrogens is 418 g/mol. The fourth-order valence-electron chi connectivity index (χ4n) is 5.55. The average molecular weight is 454 g/mol. The first-order valence-corrected chi connectivity index (χ1v) is 11.9. The zero-order valence-electron chi connectivity index (χ0n) is 20.4. The predicted octanol–water partition coefficient (Wildman–Crippen LogP) is 5.18. The molecule has 1 aliphatic heterocycles. The molecular formula is C27H35NO5. The summed E-state index contributed by atoms with van der Waals surface area (Å²) in [6.45, 7) is 6.10. The maximum Gasteiger partial charge on any atom is 0.337 e. The lowest BCUT2D eigenvalue weighted by molar-refractivity contribution is -0.146. The number of carbonyl (C=O) groups is 2. The highest BCUT2D eigenvalue weighted by molar-refractivity contribution is 6.04. The van der Waals surface area contributed by atoms with Crippen molar-refractivity contribution >= 4 is 11.8 Å². The van der Waals surface area contributed by atoms with Crippen molar-refractivity contribution in [1.82, 2.24) is 5.32 Å². The van der Waals surface area contributed by atoms with Crippen LogP contribution < -0.4 is 14.8 Å². The fourth-order valence-corrected chi connectivity index (χ4v) is 5.55. The maximum atomic E-state index is 13.6. The minimum Gasteiger partial charge on any atom is -0.493 e. The molecule has 6 nitrogen and oxygen atoms in total. The molecule has 0 aromatic heterocycles. The predicted molar refractivity (Wildman–Crippen MR) is 126 cm³/mol. The molecule has 0 radical (unpaired) electrons. The summed E-state index contributed by atoms with van der Waals surface area (Å²) in [5.41, 5.74) is 3.34. The van der Waals surface area contributed by atoms with Crippen molar-refractivity contribution < 1.29 is 23.8 Å². The molecule has 1 saturated carbocycles. The molecule has 3 aliphatic rings. The van der Waals surface area contributed by atoms with Crippen LogP contribution >= 0.6 is 0 Å². The quantitative estimate of drug-likeness (QED) is 0.619. The number of ketones is 1. The number of para-hydroxylation sites is 1. The molecule has 6 heteroatoms. The van der Waals surface area contributed by atoms with Crippen molar-refractivity contribution in [3.8, 4) is 11.5 Å². The van der Waals surface area contributed by atoms with Gasteiger partial charge < -0.3 is 19.5 Å². The topological polar surface area (TPSA) is 73.9 Å². The van der Waals surface area contributed by atoms with E-state index in [9.17, 15) is 9.59 Å². The first-order valence-electron chi connectivity index (χ1n) is 11.9. The Labute approximate surface area is 196 Å². The highest BCUT2D eigenvalue weighted by Gasteiger charge is 2.44. The lowest BCUT2D eigenvalue weighted by atomic mass is 9.68. The van der Waals surface area contributed by atoms with Crippen molar-refractivity contribution in [2.45, 2.75) is 77.7 Å². The van der Waals surface area contributed by atoms with Crippen LogP contribution in [0.4, 0.5) is 0 Å². The van der Waals surface area contributed by atoms with Gasteiger partial charge >= 0.3 is 5.97 Å². The van der Waals surface area contributed by atoms with Gasteiger partial charge in [0, 0.05) is 29.0 Å². The molecule has 0 saturated heterocycles. The molecule has 1 N–H and O–H groups in total. The van der Waals surface area contributed by atoms with Crippen LogP contribution in [0.3, 0.4) is 0 Å². The van der Waals surface area contributed by atoms with E-state index in [1.54, 1.807) is 14.2 Å². The molecule has 1 aromatic rings. The summed E-state index contributed by atoms with van der Waals surface area (Å²) in [7, 11) is 3.17. The van der Waals surface area contributed by atoms with E-state index in [0.29, 0.717) is 29.1 Å². The van der Waals surface area contributed by atoms with E-state index in [2.05, 4.69) is 19.2 Å². The Morgan fingerprint density at radius 1 is 1.06 bits per heavy atom. The van der Waals surface area contributed by atoms with Crippen LogP contribution in [0.1, 0.15) is 77.2 Å². The van der Waals surface area contributed by atoms with Crippen molar-refractivity contribution in [3.63, 3.8) is 0 Å². The number of hydrogen-bond acceptors (Lipinski definition) is 6. The summed E-state index contributed by atoms with van der Waals surface area (Å²) in [6.07, 6.45) is 6.20. The molecule has 0 spiro atoms. The number of rotatable bonds is 5. The monoisotopic (exact) mass is 453 g/mol. The first-order chi connectivity index (χ1) is 15.8. The Bertz CT molecular complexity index is 1010. The lowest BCUT2D eigenvalue weighted by Gasteiger charge is -2.40. The number of allylic oxidation sites excluding steroid dienone is 3. The van der Waals surface area contributed by atoms with Gasteiger partial charge in [-0.15, -0.1) is 0 Å². The van der Waals surface area contributed by atoms with Crippen LogP contribution in [0.5, 0.6) is 11.5 Å². The molecule has 1 aromatic carbocycles. The summed E-state index contributed by atoms with van der Waals surface area (Å²) >= 11 is 0. The van der Waals surface area contributed by atoms with Gasteiger partial charge in [0.2, 0.25) is 0 Å². The van der Waals surface area contributed by atoms with Crippen LogP contribution in [-0.2, 0) is 14.3 Å². The summed E-state index contributed by atoms with van der Waals surface area (Å²) in [5, 5.41) is 3.40. The number of Topliss-reactive ketones (excluding diaryl/α,β-unsaturated/α-hetero) is 1. The molecule has 0 amide bonds. The van der Waals surface area contributed by atoms with Crippen LogP contribution in [0.2, 0.25) is 0 Å². The zero-order chi connectivity index (χ0) is 23.8. The molecule has 178 valence electrons. The second-order valence-electron chi connectivity index (χ2n) is 10.2. The minimum absolute atomic E-state index is 0.0547. The Hall–Kier alpha value is -2.76. The van der Waals surface area contributed by atoms with Gasteiger partial charge in [0.1, 0.15) is 6.10 Å². The van der Waals surface area contributed by atoms with Gasteiger partial charge in [0.25, 0.3) is 0 Å². The maximum absolute atomic E-state index is 13.6. The summed E-state index contributed by atoms with van der Waals surface area (Å²) < 4.78 is 17.3. The van der Waals surface area contributed by atoms with Gasteiger partial charge in [0.15, 0.2) is 17.3 Å². The number of nitrogens with one attached hydrogen (secondary N) is 1. The van der Waals surface area contributed by atoms with Crippen LogP contribution in [0.15, 0.2) is 40.7 Å². The Kier molecular flexibility index (Phi) is 6.55. The minimum atomic E-state index is -0.564. The van der Waals surface area contributed by atoms with Crippen molar-refractivity contribution in [1.29, 1.82) is 0 Å². The Morgan fingerprint density at radius 2 is 1.79 bits per heavy atom. The highest BCUT2D eigenvalue weighted by atomic mass is 16.5. The highest BCUT2D eigenvalue weighted by Crippen LogP contribution is 2.50. The van der Waals surface area contributed by atoms with E-state index in [4.69, 9.17) is 14.2 Å². The van der Waals surface area contributed by atoms with Crippen molar-refractivity contribution in [3.05, 3.63) is 46.3 Å². The molecule has 2 aliphatic carbocycles. The second-order valence-corrected chi connectivity index (χ2v) is 10.2. The molecule has 1 fully saturated rings. The molecule has 33 heavy (non-hydrogen) atoms. The third kappa shape index (κ3) is 4.53. The molecule has 0 unspecified atom stereocenters. The first kappa shape index (κ1) is 23.4. The summed E-state index contributed by atoms with van der Waals surface area (Å²) in [5.74, 6) is 0.236. The van der Waals surface area contributed by atoms with Gasteiger partial charge in [0.05, 0.1) is 25.7 Å². The number of dihydropyridines is 1. The second kappa shape index (κ2) is 9.24. The Morgan fingerprint density at radius 3 is 2.45 bits per heavy atom. The lowest BCUT2D eigenvalue weighted by Crippen LogP contribution is -2.39. The van der Waals surface area contributed by atoms with Crippen molar-refractivity contribution in [2.24, 2.45) is 5.41 Å². The number of carbonyl (C=O) groups excluding carboxylic acids is 2.